The first-order chi connectivity index (χ1) is 12.5. The molecule has 136 valence electrons. The lowest BCUT2D eigenvalue weighted by Crippen LogP contribution is -2.49. The van der Waals surface area contributed by atoms with Crippen LogP contribution < -0.4 is 5.32 Å². The van der Waals surface area contributed by atoms with Gasteiger partial charge in [0.25, 0.3) is 5.69 Å². The number of anilines is 1. The molecule has 0 amide bonds. The van der Waals surface area contributed by atoms with Crippen molar-refractivity contribution in [3.63, 3.8) is 0 Å². The maximum absolute atomic E-state index is 10.9. The molecule has 1 heterocycles. The highest BCUT2D eigenvalue weighted by Crippen LogP contribution is 2.18. The zero-order valence-corrected chi connectivity index (χ0v) is 15.5. The Balaban J connectivity index is 1.51. The Morgan fingerprint density at radius 1 is 1.15 bits per heavy atom. The van der Waals surface area contributed by atoms with Gasteiger partial charge >= 0.3 is 0 Å². The first-order valence-corrected chi connectivity index (χ1v) is 9.00. The predicted molar refractivity (Wildman–Crippen MR) is 107 cm³/mol. The second kappa shape index (κ2) is 8.25. The fourth-order valence-corrected chi connectivity index (χ4v) is 3.26. The van der Waals surface area contributed by atoms with Crippen LogP contribution in [-0.4, -0.2) is 46.0 Å². The molecule has 26 heavy (non-hydrogen) atoms. The number of nitrogens with one attached hydrogen (secondary N) is 1. The topological polar surface area (TPSA) is 61.6 Å². The van der Waals surface area contributed by atoms with Crippen LogP contribution in [0.3, 0.4) is 0 Å². The SMILES string of the molecule is Cc1ccc(CN2CCN(C(=S)Nc3cccc([N+](=O)[O-])c3)CC2)cc1. The fraction of sp³-hybridized carbons (Fsp3) is 0.316. The molecule has 0 bridgehead atoms. The number of nitrogens with zero attached hydrogens (tertiary/aromatic N) is 3. The van der Waals surface area contributed by atoms with Gasteiger partial charge < -0.3 is 10.2 Å². The van der Waals surface area contributed by atoms with Gasteiger partial charge in [-0.2, -0.15) is 0 Å². The van der Waals surface area contributed by atoms with E-state index in [9.17, 15) is 10.1 Å². The molecule has 6 nitrogen and oxygen atoms in total. The first-order valence-electron chi connectivity index (χ1n) is 8.59. The van der Waals surface area contributed by atoms with Gasteiger partial charge in [-0.1, -0.05) is 35.9 Å². The molecule has 0 aromatic heterocycles. The van der Waals surface area contributed by atoms with Crippen LogP contribution in [0.5, 0.6) is 0 Å². The fourth-order valence-electron chi connectivity index (χ4n) is 2.96. The van der Waals surface area contributed by atoms with Crippen LogP contribution in [0, 0.1) is 17.0 Å². The number of aryl methyl sites for hydroxylation is 1. The highest BCUT2D eigenvalue weighted by molar-refractivity contribution is 7.80. The summed E-state index contributed by atoms with van der Waals surface area (Å²) in [5.41, 5.74) is 3.30. The van der Waals surface area contributed by atoms with Crippen LogP contribution in [-0.2, 0) is 6.54 Å². The van der Waals surface area contributed by atoms with Crippen molar-refractivity contribution in [3.8, 4) is 0 Å². The number of piperazine rings is 1. The Bertz CT molecular complexity index is 786. The number of thiocarbonyl (C=S) groups is 1. The van der Waals surface area contributed by atoms with E-state index < -0.39 is 4.92 Å². The molecule has 7 heteroatoms. The number of nitro benzene ring substituents is 1. The maximum atomic E-state index is 10.9. The van der Waals surface area contributed by atoms with Gasteiger partial charge in [-0.15, -0.1) is 0 Å². The normalized spacial score (nSPS) is 14.9. The highest BCUT2D eigenvalue weighted by atomic mass is 32.1. The molecule has 2 aromatic carbocycles. The summed E-state index contributed by atoms with van der Waals surface area (Å²) >= 11 is 5.47. The molecule has 1 aliphatic rings. The Labute approximate surface area is 158 Å². The highest BCUT2D eigenvalue weighted by Gasteiger charge is 2.19. The number of non-ortho nitro benzene ring substituents is 1. The van der Waals surface area contributed by atoms with Gasteiger partial charge in [0.05, 0.1) is 4.92 Å². The second-order valence-corrected chi connectivity index (χ2v) is 6.87. The molecule has 0 unspecified atom stereocenters. The molecule has 0 spiro atoms. The lowest BCUT2D eigenvalue weighted by Gasteiger charge is -2.36. The van der Waals surface area contributed by atoms with Crippen LogP contribution >= 0.6 is 12.2 Å². The van der Waals surface area contributed by atoms with Crippen molar-refractivity contribution in [2.45, 2.75) is 13.5 Å². The zero-order valence-electron chi connectivity index (χ0n) is 14.7. The third-order valence-corrected chi connectivity index (χ3v) is 4.85. The van der Waals surface area contributed by atoms with Gasteiger partial charge in [0.15, 0.2) is 5.11 Å². The molecule has 0 saturated carbocycles. The minimum Gasteiger partial charge on any atom is -0.346 e. The molecule has 2 aromatic rings. The van der Waals surface area contributed by atoms with E-state index in [1.165, 1.54) is 23.3 Å². The van der Waals surface area contributed by atoms with Gasteiger partial charge in [-0.25, -0.2) is 0 Å². The lowest BCUT2D eigenvalue weighted by atomic mass is 10.1. The molecule has 0 radical (unpaired) electrons. The predicted octanol–water partition coefficient (Wildman–Crippen LogP) is 3.42. The number of benzene rings is 2. The summed E-state index contributed by atoms with van der Waals surface area (Å²) in [4.78, 5) is 15.0. The van der Waals surface area contributed by atoms with Crippen LogP contribution in [0.15, 0.2) is 48.5 Å². The van der Waals surface area contributed by atoms with E-state index in [1.54, 1.807) is 12.1 Å². The minimum absolute atomic E-state index is 0.0562. The Hall–Kier alpha value is -2.51. The Kier molecular flexibility index (Phi) is 5.80. The summed E-state index contributed by atoms with van der Waals surface area (Å²) < 4.78 is 0. The first kappa shape index (κ1) is 18.3. The van der Waals surface area contributed by atoms with Crippen molar-refractivity contribution in [3.05, 3.63) is 69.8 Å². The number of nitro groups is 1. The average Bonchev–Trinajstić information content (AvgIpc) is 2.64. The van der Waals surface area contributed by atoms with Gasteiger partial charge in [-0.05, 0) is 30.8 Å². The van der Waals surface area contributed by atoms with Crippen molar-refractivity contribution < 1.29 is 4.92 Å². The van der Waals surface area contributed by atoms with Crippen molar-refractivity contribution in [2.24, 2.45) is 0 Å². The molecular formula is C19H22N4O2S. The third-order valence-electron chi connectivity index (χ3n) is 4.49. The zero-order chi connectivity index (χ0) is 18.5. The van der Waals surface area contributed by atoms with Crippen molar-refractivity contribution in [2.75, 3.05) is 31.5 Å². The van der Waals surface area contributed by atoms with E-state index in [-0.39, 0.29) is 5.69 Å². The molecule has 3 rings (SSSR count). The summed E-state index contributed by atoms with van der Waals surface area (Å²) in [6, 6.07) is 15.0. The van der Waals surface area contributed by atoms with E-state index in [4.69, 9.17) is 12.2 Å². The van der Waals surface area contributed by atoms with Crippen molar-refractivity contribution >= 4 is 28.7 Å². The molecule has 0 aliphatic carbocycles. The molecule has 1 fully saturated rings. The van der Waals surface area contributed by atoms with Gasteiger partial charge in [0.2, 0.25) is 0 Å². The summed E-state index contributed by atoms with van der Waals surface area (Å²) in [7, 11) is 0. The van der Waals surface area contributed by atoms with Gasteiger partial charge in [0.1, 0.15) is 0 Å². The van der Waals surface area contributed by atoms with Crippen LogP contribution in [0.4, 0.5) is 11.4 Å². The van der Waals surface area contributed by atoms with E-state index in [0.29, 0.717) is 10.8 Å². The summed E-state index contributed by atoms with van der Waals surface area (Å²) in [5.74, 6) is 0. The van der Waals surface area contributed by atoms with E-state index in [2.05, 4.69) is 46.3 Å². The monoisotopic (exact) mass is 370 g/mol. The lowest BCUT2D eigenvalue weighted by molar-refractivity contribution is -0.384. The Morgan fingerprint density at radius 2 is 1.85 bits per heavy atom. The largest absolute Gasteiger partial charge is 0.346 e. The third kappa shape index (κ3) is 4.77. The van der Waals surface area contributed by atoms with E-state index in [0.717, 1.165) is 32.7 Å². The molecular weight excluding hydrogens is 348 g/mol. The minimum atomic E-state index is -0.405. The second-order valence-electron chi connectivity index (χ2n) is 6.49. The van der Waals surface area contributed by atoms with Crippen LogP contribution in [0.2, 0.25) is 0 Å². The quantitative estimate of drug-likeness (QED) is 0.506. The van der Waals surface area contributed by atoms with Crippen molar-refractivity contribution in [1.82, 2.24) is 9.80 Å². The summed E-state index contributed by atoms with van der Waals surface area (Å²) in [6.45, 7) is 6.59. The van der Waals surface area contributed by atoms with Crippen LogP contribution in [0.25, 0.3) is 0 Å². The average molecular weight is 370 g/mol. The maximum Gasteiger partial charge on any atom is 0.271 e. The standard InChI is InChI=1S/C19H22N4O2S/c1-15-5-7-16(8-6-15)14-21-9-11-22(12-10-21)19(26)20-17-3-2-4-18(13-17)23(24)25/h2-8,13H,9-12,14H2,1H3,(H,20,26). The van der Waals surface area contributed by atoms with Crippen LogP contribution in [0.1, 0.15) is 11.1 Å². The van der Waals surface area contributed by atoms with Gasteiger partial charge in [0, 0.05) is 50.5 Å². The van der Waals surface area contributed by atoms with E-state index in [1.807, 2.05) is 0 Å². The smallest absolute Gasteiger partial charge is 0.271 e. The molecule has 1 saturated heterocycles. The number of rotatable bonds is 4. The van der Waals surface area contributed by atoms with Crippen molar-refractivity contribution in [1.29, 1.82) is 0 Å². The summed E-state index contributed by atoms with van der Waals surface area (Å²) in [6.07, 6.45) is 0. The molecule has 1 aliphatic heterocycles. The Morgan fingerprint density at radius 3 is 2.50 bits per heavy atom. The van der Waals surface area contributed by atoms with Gasteiger partial charge in [-0.3, -0.25) is 15.0 Å². The molecule has 1 N–H and O–H groups in total. The summed E-state index contributed by atoms with van der Waals surface area (Å²) in [5, 5.41) is 14.6. The molecule has 0 atom stereocenters. The number of hydrogen-bond donors (Lipinski definition) is 1. The van der Waals surface area contributed by atoms with E-state index >= 15 is 0 Å². The number of hydrogen-bond acceptors (Lipinski definition) is 4.